The minimum atomic E-state index is -0.171. The number of benzene rings is 1. The van der Waals surface area contributed by atoms with E-state index in [1.807, 2.05) is 42.5 Å². The van der Waals surface area contributed by atoms with Gasteiger partial charge >= 0.3 is 0 Å². The molecule has 0 spiro atoms. The second-order valence-corrected chi connectivity index (χ2v) is 7.05. The quantitative estimate of drug-likeness (QED) is 0.907. The van der Waals surface area contributed by atoms with Crippen molar-refractivity contribution in [2.45, 2.75) is 50.7 Å². The van der Waals surface area contributed by atoms with Gasteiger partial charge in [0.2, 0.25) is 5.91 Å². The number of ether oxygens (including phenoxy) is 1. The second kappa shape index (κ2) is 7.22. The topological polar surface area (TPSA) is 51.5 Å². The van der Waals surface area contributed by atoms with E-state index in [0.717, 1.165) is 24.2 Å². The lowest BCUT2D eigenvalue weighted by Gasteiger charge is -2.36. The Morgan fingerprint density at radius 2 is 2.04 bits per heavy atom. The highest BCUT2D eigenvalue weighted by Crippen LogP contribution is 2.29. The summed E-state index contributed by atoms with van der Waals surface area (Å²) >= 11 is 0. The maximum atomic E-state index is 12.6. The van der Waals surface area contributed by atoms with E-state index in [9.17, 15) is 4.79 Å². The van der Waals surface area contributed by atoms with Gasteiger partial charge in [0.1, 0.15) is 5.76 Å². The Bertz CT molecular complexity index is 649. The van der Waals surface area contributed by atoms with Crippen LogP contribution in [0.2, 0.25) is 0 Å². The van der Waals surface area contributed by atoms with Crippen LogP contribution in [0.1, 0.15) is 50.4 Å². The minimum Gasteiger partial charge on any atom is -0.469 e. The van der Waals surface area contributed by atoms with E-state index >= 15 is 0 Å². The lowest BCUT2D eigenvalue weighted by atomic mass is 9.91. The summed E-state index contributed by atoms with van der Waals surface area (Å²) in [6.07, 6.45) is 3.75. The van der Waals surface area contributed by atoms with Gasteiger partial charge in [0.15, 0.2) is 0 Å². The smallest absolute Gasteiger partial charge is 0.221 e. The zero-order chi connectivity index (χ0) is 17.0. The molecule has 1 saturated heterocycles. The summed E-state index contributed by atoms with van der Waals surface area (Å²) in [6.45, 7) is 4.83. The Hall–Kier alpha value is -2.07. The molecular formula is C20H25NO3. The van der Waals surface area contributed by atoms with Crippen LogP contribution >= 0.6 is 0 Å². The molecule has 1 aliphatic heterocycles. The summed E-state index contributed by atoms with van der Waals surface area (Å²) in [7, 11) is 0. The van der Waals surface area contributed by atoms with Gasteiger partial charge in [0.25, 0.3) is 0 Å². The van der Waals surface area contributed by atoms with Crippen LogP contribution in [0.25, 0.3) is 0 Å². The average Bonchev–Trinajstić information content (AvgIpc) is 3.06. The molecule has 1 aromatic heterocycles. The van der Waals surface area contributed by atoms with Crippen LogP contribution in [-0.2, 0) is 9.53 Å². The molecule has 2 aromatic rings. The molecule has 2 unspecified atom stereocenters. The molecule has 0 bridgehead atoms. The highest BCUT2D eigenvalue weighted by atomic mass is 16.5. The summed E-state index contributed by atoms with van der Waals surface area (Å²) in [5.41, 5.74) is 0.922. The number of carbonyl (C=O) groups is 1. The van der Waals surface area contributed by atoms with Gasteiger partial charge in [-0.3, -0.25) is 4.79 Å². The van der Waals surface area contributed by atoms with Gasteiger partial charge in [0, 0.05) is 19.1 Å². The number of nitrogens with one attached hydrogen (secondary N) is 1. The zero-order valence-electron chi connectivity index (χ0n) is 14.3. The second-order valence-electron chi connectivity index (χ2n) is 7.05. The molecule has 0 saturated carbocycles. The van der Waals surface area contributed by atoms with E-state index in [4.69, 9.17) is 9.15 Å². The first-order valence-corrected chi connectivity index (χ1v) is 8.55. The van der Waals surface area contributed by atoms with Crippen molar-refractivity contribution in [2.75, 3.05) is 6.61 Å². The normalized spacial score (nSPS) is 21.2. The Morgan fingerprint density at radius 1 is 1.25 bits per heavy atom. The van der Waals surface area contributed by atoms with Crippen molar-refractivity contribution in [3.05, 3.63) is 60.1 Å². The summed E-state index contributed by atoms with van der Waals surface area (Å²) in [5.74, 6) is 0.820. The molecule has 1 N–H and O–H groups in total. The van der Waals surface area contributed by atoms with Gasteiger partial charge in [-0.1, -0.05) is 30.3 Å². The van der Waals surface area contributed by atoms with Crippen molar-refractivity contribution in [3.8, 4) is 0 Å². The highest BCUT2D eigenvalue weighted by Gasteiger charge is 2.30. The van der Waals surface area contributed by atoms with Crippen molar-refractivity contribution in [2.24, 2.45) is 0 Å². The first-order valence-electron chi connectivity index (χ1n) is 8.55. The van der Waals surface area contributed by atoms with E-state index in [1.165, 1.54) is 0 Å². The van der Waals surface area contributed by atoms with E-state index in [0.29, 0.717) is 13.0 Å². The minimum absolute atomic E-state index is 0.0583. The maximum Gasteiger partial charge on any atom is 0.221 e. The van der Waals surface area contributed by atoms with Crippen LogP contribution in [-0.4, -0.2) is 24.2 Å². The fourth-order valence-electron chi connectivity index (χ4n) is 3.38. The zero-order valence-corrected chi connectivity index (χ0v) is 14.3. The molecule has 1 aliphatic rings. The summed E-state index contributed by atoms with van der Waals surface area (Å²) in [6, 6.07) is 14.0. The maximum absolute atomic E-state index is 12.6. The van der Waals surface area contributed by atoms with Crippen LogP contribution in [0.4, 0.5) is 0 Å². The number of rotatable bonds is 5. The first kappa shape index (κ1) is 16.8. The molecule has 2 heterocycles. The molecule has 1 aromatic carbocycles. The van der Waals surface area contributed by atoms with E-state index in [-0.39, 0.29) is 23.5 Å². The standard InChI is InChI=1S/C20H25NO3/c1-20(2)14-16(10-12-24-20)21-19(22)13-17(18-9-6-11-23-18)15-7-4-3-5-8-15/h3-9,11,16-17H,10,12-14H2,1-2H3,(H,21,22). The van der Waals surface area contributed by atoms with Gasteiger partial charge < -0.3 is 14.5 Å². The monoisotopic (exact) mass is 327 g/mol. The fourth-order valence-corrected chi connectivity index (χ4v) is 3.38. The number of furan rings is 1. The molecule has 1 amide bonds. The molecule has 24 heavy (non-hydrogen) atoms. The largest absolute Gasteiger partial charge is 0.469 e. The predicted molar refractivity (Wildman–Crippen MR) is 92.8 cm³/mol. The number of carbonyl (C=O) groups excluding carboxylic acids is 1. The average molecular weight is 327 g/mol. The third-order valence-corrected chi connectivity index (χ3v) is 4.54. The van der Waals surface area contributed by atoms with Crippen molar-refractivity contribution < 1.29 is 13.9 Å². The molecule has 0 radical (unpaired) electrons. The molecular weight excluding hydrogens is 302 g/mol. The summed E-state index contributed by atoms with van der Waals surface area (Å²) in [5, 5.41) is 3.18. The Balaban J connectivity index is 1.68. The Kier molecular flexibility index (Phi) is 5.05. The summed E-state index contributed by atoms with van der Waals surface area (Å²) < 4.78 is 11.3. The van der Waals surface area contributed by atoms with Gasteiger partial charge in [-0.2, -0.15) is 0 Å². The fraction of sp³-hybridized carbons (Fsp3) is 0.450. The Labute approximate surface area is 143 Å². The van der Waals surface area contributed by atoms with E-state index < -0.39 is 0 Å². The Morgan fingerprint density at radius 3 is 2.71 bits per heavy atom. The van der Waals surface area contributed by atoms with Crippen LogP contribution in [0, 0.1) is 0 Å². The van der Waals surface area contributed by atoms with Crippen molar-refractivity contribution >= 4 is 5.91 Å². The number of hydrogen-bond donors (Lipinski definition) is 1. The van der Waals surface area contributed by atoms with Gasteiger partial charge in [-0.15, -0.1) is 0 Å². The van der Waals surface area contributed by atoms with Gasteiger partial charge in [0.05, 0.1) is 17.8 Å². The molecule has 2 atom stereocenters. The van der Waals surface area contributed by atoms with Crippen molar-refractivity contribution in [1.82, 2.24) is 5.32 Å². The number of amides is 1. The van der Waals surface area contributed by atoms with E-state index in [2.05, 4.69) is 19.2 Å². The molecule has 1 fully saturated rings. The molecule has 4 nitrogen and oxygen atoms in total. The van der Waals surface area contributed by atoms with Crippen LogP contribution in [0.3, 0.4) is 0 Å². The third-order valence-electron chi connectivity index (χ3n) is 4.54. The lowest BCUT2D eigenvalue weighted by molar-refractivity contribution is -0.124. The van der Waals surface area contributed by atoms with E-state index in [1.54, 1.807) is 6.26 Å². The van der Waals surface area contributed by atoms with Gasteiger partial charge in [-0.25, -0.2) is 0 Å². The van der Waals surface area contributed by atoms with Crippen LogP contribution in [0.5, 0.6) is 0 Å². The van der Waals surface area contributed by atoms with Crippen LogP contribution in [0.15, 0.2) is 53.1 Å². The summed E-state index contributed by atoms with van der Waals surface area (Å²) in [4.78, 5) is 12.6. The molecule has 4 heteroatoms. The van der Waals surface area contributed by atoms with Gasteiger partial charge in [-0.05, 0) is 44.4 Å². The van der Waals surface area contributed by atoms with Crippen LogP contribution < -0.4 is 5.32 Å². The van der Waals surface area contributed by atoms with Crippen molar-refractivity contribution in [1.29, 1.82) is 0 Å². The first-order chi connectivity index (χ1) is 11.5. The van der Waals surface area contributed by atoms with Crippen molar-refractivity contribution in [3.63, 3.8) is 0 Å². The number of hydrogen-bond acceptors (Lipinski definition) is 3. The SMILES string of the molecule is CC1(C)CC(NC(=O)CC(c2ccccc2)c2ccco2)CCO1. The molecule has 0 aliphatic carbocycles. The highest BCUT2D eigenvalue weighted by molar-refractivity contribution is 5.77. The molecule has 128 valence electrons. The molecule has 3 rings (SSSR count). The predicted octanol–water partition coefficient (Wildman–Crippen LogP) is 3.88. The lowest BCUT2D eigenvalue weighted by Crippen LogP contribution is -2.46. The third kappa shape index (κ3) is 4.26.